The van der Waals surface area contributed by atoms with E-state index in [1.54, 1.807) is 74.0 Å². The fourth-order valence-corrected chi connectivity index (χ4v) is 5.95. The van der Waals surface area contributed by atoms with Gasteiger partial charge in [-0.05, 0) is 77.3 Å². The summed E-state index contributed by atoms with van der Waals surface area (Å²) in [6.45, 7) is 9.84. The molecule has 0 bridgehead atoms. The summed E-state index contributed by atoms with van der Waals surface area (Å²) in [5.74, 6) is 1.38. The van der Waals surface area contributed by atoms with Gasteiger partial charge in [-0.25, -0.2) is 9.59 Å². The molecule has 276 valence electrons. The van der Waals surface area contributed by atoms with Crippen LogP contribution in [0.1, 0.15) is 61.8 Å². The van der Waals surface area contributed by atoms with E-state index in [1.165, 1.54) is 0 Å². The van der Waals surface area contributed by atoms with Crippen LogP contribution in [0.4, 0.5) is 26.7 Å². The third kappa shape index (κ3) is 9.41. The number of carbonyl (C=O) groups is 3. The zero-order valence-electron chi connectivity index (χ0n) is 30.0. The largest absolute Gasteiger partial charge is 0.490 e. The maximum Gasteiger partial charge on any atom is 0.323 e. The normalized spacial score (nSPS) is 20.0. The molecule has 0 spiro atoms. The highest BCUT2D eigenvalue weighted by Crippen LogP contribution is 2.34. The van der Waals surface area contributed by atoms with Crippen LogP contribution in [0.5, 0.6) is 17.2 Å². The smallest absolute Gasteiger partial charge is 0.323 e. The molecule has 0 radical (unpaired) electrons. The van der Waals surface area contributed by atoms with Gasteiger partial charge in [-0.1, -0.05) is 12.1 Å². The molecular weight excluding hydrogens is 660 g/mol. The van der Waals surface area contributed by atoms with Gasteiger partial charge < -0.3 is 54.3 Å². The van der Waals surface area contributed by atoms with Crippen LogP contribution in [-0.2, 0) is 4.74 Å². The molecule has 4 N–H and O–H groups in total. The number of aromatic nitrogens is 1. The van der Waals surface area contributed by atoms with Gasteiger partial charge in [0.15, 0.2) is 17.3 Å². The van der Waals surface area contributed by atoms with Crippen molar-refractivity contribution in [2.45, 2.75) is 72.1 Å². The van der Waals surface area contributed by atoms with Gasteiger partial charge >= 0.3 is 12.1 Å². The number of nitrogens with zero attached hydrogens (tertiary/aromatic N) is 3. The number of ether oxygens (including phenoxy) is 4. The van der Waals surface area contributed by atoms with Crippen LogP contribution >= 0.6 is 0 Å². The number of aryl methyl sites for hydroxylation is 2. The van der Waals surface area contributed by atoms with Gasteiger partial charge in [0.1, 0.15) is 17.1 Å². The van der Waals surface area contributed by atoms with E-state index in [1.807, 2.05) is 13.8 Å². The predicted molar refractivity (Wildman–Crippen MR) is 190 cm³/mol. The maximum atomic E-state index is 14.4. The van der Waals surface area contributed by atoms with Crippen molar-refractivity contribution in [1.82, 2.24) is 15.0 Å². The van der Waals surface area contributed by atoms with Gasteiger partial charge in [0.05, 0.1) is 30.4 Å². The Kier molecular flexibility index (Phi) is 12.3. The lowest BCUT2D eigenvalue weighted by atomic mass is 10.0. The fourth-order valence-electron chi connectivity index (χ4n) is 5.95. The van der Waals surface area contributed by atoms with E-state index in [0.717, 1.165) is 12.8 Å². The number of anilines is 3. The van der Waals surface area contributed by atoms with Crippen LogP contribution < -0.4 is 30.2 Å². The van der Waals surface area contributed by atoms with Gasteiger partial charge in [-0.2, -0.15) is 0 Å². The second kappa shape index (κ2) is 16.8. The number of amides is 5. The zero-order chi connectivity index (χ0) is 36.7. The Morgan fingerprint density at radius 2 is 1.75 bits per heavy atom. The number of hydrogen-bond acceptors (Lipinski definition) is 10. The number of carbonyl (C=O) groups excluding carboxylic acids is 3. The Morgan fingerprint density at radius 3 is 2.47 bits per heavy atom. The van der Waals surface area contributed by atoms with Gasteiger partial charge in [0, 0.05) is 50.1 Å². The molecular formula is C36H48N6O9. The van der Waals surface area contributed by atoms with Gasteiger partial charge in [-0.3, -0.25) is 4.79 Å². The van der Waals surface area contributed by atoms with E-state index in [2.05, 4.69) is 21.1 Å². The minimum absolute atomic E-state index is 0.134. The highest BCUT2D eigenvalue weighted by molar-refractivity contribution is 6.03. The Hall–Kier alpha value is -5.02. The molecule has 1 aromatic heterocycles. The molecule has 15 nitrogen and oxygen atoms in total. The molecule has 0 aliphatic carbocycles. The van der Waals surface area contributed by atoms with Crippen LogP contribution in [0.25, 0.3) is 0 Å². The molecule has 3 heterocycles. The van der Waals surface area contributed by atoms with Crippen LogP contribution in [0.2, 0.25) is 0 Å². The number of fused-ring (bicyclic) bond motifs is 2. The summed E-state index contributed by atoms with van der Waals surface area (Å²) < 4.78 is 28.6. The molecule has 5 amide bonds. The van der Waals surface area contributed by atoms with E-state index < -0.39 is 18.2 Å². The minimum Gasteiger partial charge on any atom is -0.490 e. The Labute approximate surface area is 297 Å². The van der Waals surface area contributed by atoms with Crippen molar-refractivity contribution in [2.75, 3.05) is 56.1 Å². The highest BCUT2D eigenvalue weighted by atomic mass is 16.7. The molecule has 15 heteroatoms. The van der Waals surface area contributed by atoms with Crippen molar-refractivity contribution in [2.24, 2.45) is 5.92 Å². The topological polar surface area (TPSA) is 177 Å². The number of likely N-dealkylation sites (N-methyl/N-ethyl adjacent to an activating group) is 1. The Morgan fingerprint density at radius 1 is 1.02 bits per heavy atom. The highest BCUT2D eigenvalue weighted by Gasteiger charge is 2.31. The summed E-state index contributed by atoms with van der Waals surface area (Å²) in [7, 11) is 1.69. The second-order valence-corrected chi connectivity index (χ2v) is 13.2. The van der Waals surface area contributed by atoms with E-state index >= 15 is 0 Å². The quantitative estimate of drug-likeness (QED) is 0.241. The lowest BCUT2D eigenvalue weighted by Gasteiger charge is -2.35. The summed E-state index contributed by atoms with van der Waals surface area (Å²) in [6, 6.07) is 8.69. The van der Waals surface area contributed by atoms with Crippen LogP contribution in [0.3, 0.4) is 0 Å². The molecule has 2 aliphatic rings. The number of urea groups is 2. The minimum atomic E-state index is -0.565. The Bertz CT molecular complexity index is 1680. The monoisotopic (exact) mass is 708 g/mol. The molecule has 5 rings (SSSR count). The molecule has 0 fully saturated rings. The number of hydrogen-bond donors (Lipinski definition) is 4. The standard InChI is InChI=1S/C36H48N6O9/c1-21-17-42(22(2)19-43)34(44)28-15-26(37-35(45)39-33-24(4)40-51-25(33)5)10-12-29(28)50-23(3)9-7-8-14-47-32(21)18-41(6)36(46)38-27-11-13-30-31(16-27)49-20-48-30/h10-13,15-16,21-23,32,43H,7-9,14,17-20H2,1-6H3,(H,38,46)(H2,37,39,45)/t21-,22+,23-,32+/m1/s1. The van der Waals surface area contributed by atoms with Crippen molar-refractivity contribution in [3.63, 3.8) is 0 Å². The second-order valence-electron chi connectivity index (χ2n) is 13.2. The molecule has 0 unspecified atom stereocenters. The third-order valence-corrected chi connectivity index (χ3v) is 9.01. The van der Waals surface area contributed by atoms with E-state index in [0.29, 0.717) is 58.8 Å². The lowest BCUT2D eigenvalue weighted by molar-refractivity contribution is -0.0115. The first-order valence-corrected chi connectivity index (χ1v) is 17.2. The summed E-state index contributed by atoms with van der Waals surface area (Å²) in [5.41, 5.74) is 2.16. The molecule has 51 heavy (non-hydrogen) atoms. The summed E-state index contributed by atoms with van der Waals surface area (Å²) in [4.78, 5) is 43.7. The number of aliphatic hydroxyl groups excluding tert-OH is 1. The van der Waals surface area contributed by atoms with Crippen molar-refractivity contribution in [3.05, 3.63) is 53.4 Å². The average Bonchev–Trinajstić information content (AvgIpc) is 3.70. The fraction of sp³-hybridized carbons (Fsp3) is 0.500. The number of benzene rings is 2. The molecule has 3 aromatic rings. The number of nitrogens with one attached hydrogen (secondary N) is 3. The number of rotatable bonds is 7. The van der Waals surface area contributed by atoms with Crippen molar-refractivity contribution in [3.8, 4) is 17.2 Å². The molecule has 2 aliphatic heterocycles. The maximum absolute atomic E-state index is 14.4. The van der Waals surface area contributed by atoms with Crippen LogP contribution in [-0.4, -0.2) is 96.4 Å². The summed E-state index contributed by atoms with van der Waals surface area (Å²) in [5, 5.41) is 22.6. The van der Waals surface area contributed by atoms with Gasteiger partial charge in [0.25, 0.3) is 5.91 Å². The van der Waals surface area contributed by atoms with E-state index in [9.17, 15) is 19.5 Å². The van der Waals surface area contributed by atoms with Crippen LogP contribution in [0, 0.1) is 19.8 Å². The molecule has 2 aromatic carbocycles. The van der Waals surface area contributed by atoms with Crippen molar-refractivity contribution >= 4 is 35.0 Å². The van der Waals surface area contributed by atoms with Crippen LogP contribution in [0.15, 0.2) is 40.9 Å². The van der Waals surface area contributed by atoms with E-state index in [4.69, 9.17) is 23.5 Å². The number of aliphatic hydroxyl groups is 1. The van der Waals surface area contributed by atoms with Crippen molar-refractivity contribution in [1.29, 1.82) is 0 Å². The Balaban J connectivity index is 1.35. The summed E-state index contributed by atoms with van der Waals surface area (Å²) >= 11 is 0. The van der Waals surface area contributed by atoms with Crippen molar-refractivity contribution < 1.29 is 43.0 Å². The first-order valence-electron chi connectivity index (χ1n) is 17.2. The first kappa shape index (κ1) is 37.2. The van der Waals surface area contributed by atoms with E-state index in [-0.39, 0.29) is 56.0 Å². The average molecular weight is 709 g/mol. The zero-order valence-corrected chi connectivity index (χ0v) is 30.0. The van der Waals surface area contributed by atoms with Gasteiger partial charge in [0.2, 0.25) is 6.79 Å². The van der Waals surface area contributed by atoms with Gasteiger partial charge in [-0.15, -0.1) is 0 Å². The molecule has 0 saturated carbocycles. The summed E-state index contributed by atoms with van der Waals surface area (Å²) in [6.07, 6.45) is 1.66. The first-order chi connectivity index (χ1) is 24.4. The molecule has 0 saturated heterocycles. The predicted octanol–water partition coefficient (Wildman–Crippen LogP) is 5.62. The lowest BCUT2D eigenvalue weighted by Crippen LogP contribution is -2.48. The SMILES string of the molecule is Cc1noc(C)c1NC(=O)Nc1ccc2c(c1)C(=O)N([C@@H](C)CO)C[C@@H](C)[C@H](CN(C)C(=O)Nc1ccc3c(c1)OCO3)OCCCC[C@@H](C)O2. The molecule has 4 atom stereocenters. The third-order valence-electron chi connectivity index (χ3n) is 9.01.